The molecule has 0 atom stereocenters. The summed E-state index contributed by atoms with van der Waals surface area (Å²) in [5.74, 6) is -0.468. The Balaban J connectivity index is 1.49. The highest BCUT2D eigenvalue weighted by Crippen LogP contribution is 2.33. The van der Waals surface area contributed by atoms with Gasteiger partial charge in [-0.3, -0.25) is 14.2 Å². The Morgan fingerprint density at radius 2 is 1.79 bits per heavy atom. The number of fused-ring (bicyclic) bond motifs is 1. The van der Waals surface area contributed by atoms with Crippen LogP contribution in [0.3, 0.4) is 0 Å². The summed E-state index contributed by atoms with van der Waals surface area (Å²) in [5.41, 5.74) is 1.30. The molecule has 0 saturated heterocycles. The summed E-state index contributed by atoms with van der Waals surface area (Å²) in [6.45, 7) is 3.73. The summed E-state index contributed by atoms with van der Waals surface area (Å²) in [5, 5.41) is 9.84. The number of anilines is 1. The average Bonchev–Trinajstić information content (AvgIpc) is 3.23. The van der Waals surface area contributed by atoms with E-state index in [-0.39, 0.29) is 31.0 Å². The topological polar surface area (TPSA) is 97.5 Å². The Morgan fingerprint density at radius 1 is 1.08 bits per heavy atom. The average molecular weight is 541 g/mol. The number of alkyl halides is 3. The SMILES string of the molecule is CC(=O)n1cc(CC(=O)O)c2cc(OCCCN(Cc3ccccc3C(F)(F)F)c3ncc(C)cn3)ccc21. The van der Waals surface area contributed by atoms with Gasteiger partial charge in [0.15, 0.2) is 0 Å². The second-order valence-electron chi connectivity index (χ2n) is 9.13. The van der Waals surface area contributed by atoms with Gasteiger partial charge in [-0.25, -0.2) is 9.97 Å². The molecule has 4 rings (SSSR count). The Kier molecular flexibility index (Phi) is 8.18. The fourth-order valence-corrected chi connectivity index (χ4v) is 4.32. The molecular formula is C28H27F3N4O4. The largest absolute Gasteiger partial charge is 0.494 e. The van der Waals surface area contributed by atoms with Gasteiger partial charge in [-0.15, -0.1) is 0 Å². The molecule has 2 heterocycles. The number of rotatable bonds is 10. The molecule has 0 radical (unpaired) electrons. The molecule has 0 fully saturated rings. The molecule has 204 valence electrons. The molecule has 0 spiro atoms. The number of nitrogens with zero attached hydrogens (tertiary/aromatic N) is 4. The van der Waals surface area contributed by atoms with Crippen LogP contribution in [0.1, 0.15) is 40.4 Å². The molecule has 0 unspecified atom stereocenters. The molecule has 0 aliphatic rings. The van der Waals surface area contributed by atoms with E-state index in [1.165, 1.54) is 29.8 Å². The Hall–Kier alpha value is -4.41. The van der Waals surface area contributed by atoms with Gasteiger partial charge in [-0.2, -0.15) is 13.2 Å². The number of aliphatic carboxylic acids is 1. The van der Waals surface area contributed by atoms with Gasteiger partial charge in [-0.1, -0.05) is 18.2 Å². The molecule has 2 aromatic heterocycles. The maximum atomic E-state index is 13.6. The minimum Gasteiger partial charge on any atom is -0.494 e. The van der Waals surface area contributed by atoms with Gasteiger partial charge >= 0.3 is 12.1 Å². The van der Waals surface area contributed by atoms with E-state index >= 15 is 0 Å². The van der Waals surface area contributed by atoms with E-state index in [4.69, 9.17) is 4.74 Å². The van der Waals surface area contributed by atoms with E-state index < -0.39 is 17.7 Å². The van der Waals surface area contributed by atoms with Gasteiger partial charge in [0.05, 0.1) is 24.1 Å². The van der Waals surface area contributed by atoms with Crippen molar-refractivity contribution in [3.05, 3.63) is 83.3 Å². The lowest BCUT2D eigenvalue weighted by molar-refractivity contribution is -0.138. The van der Waals surface area contributed by atoms with Gasteiger partial charge < -0.3 is 14.7 Å². The lowest BCUT2D eigenvalue weighted by atomic mass is 10.1. The van der Waals surface area contributed by atoms with Crippen LogP contribution >= 0.6 is 0 Å². The van der Waals surface area contributed by atoms with Crippen LogP contribution in [0.2, 0.25) is 0 Å². The van der Waals surface area contributed by atoms with Gasteiger partial charge in [0.1, 0.15) is 5.75 Å². The summed E-state index contributed by atoms with van der Waals surface area (Å²) >= 11 is 0. The number of hydrogen-bond acceptors (Lipinski definition) is 6. The maximum absolute atomic E-state index is 13.6. The molecule has 1 N–H and O–H groups in total. The quantitative estimate of drug-likeness (QED) is 0.265. The third-order valence-corrected chi connectivity index (χ3v) is 6.11. The Morgan fingerprint density at radius 3 is 2.46 bits per heavy atom. The summed E-state index contributed by atoms with van der Waals surface area (Å²) in [6, 6.07) is 10.5. The van der Waals surface area contributed by atoms with Crippen LogP contribution in [-0.4, -0.2) is 44.7 Å². The number of carboxylic acids is 1. The smallest absolute Gasteiger partial charge is 0.416 e. The zero-order chi connectivity index (χ0) is 28.2. The Bertz CT molecular complexity index is 1480. The van der Waals surface area contributed by atoms with Crippen LogP contribution in [0.5, 0.6) is 5.75 Å². The molecule has 11 heteroatoms. The number of halogens is 3. The summed E-state index contributed by atoms with van der Waals surface area (Å²) in [4.78, 5) is 33.5. The van der Waals surface area contributed by atoms with E-state index in [2.05, 4.69) is 9.97 Å². The highest BCUT2D eigenvalue weighted by molar-refractivity contribution is 5.95. The zero-order valence-electron chi connectivity index (χ0n) is 21.4. The fourth-order valence-electron chi connectivity index (χ4n) is 4.32. The van der Waals surface area contributed by atoms with E-state index in [0.29, 0.717) is 41.1 Å². The van der Waals surface area contributed by atoms with E-state index in [1.54, 1.807) is 41.6 Å². The van der Waals surface area contributed by atoms with Crippen molar-refractivity contribution >= 4 is 28.7 Å². The maximum Gasteiger partial charge on any atom is 0.416 e. The molecular weight excluding hydrogens is 513 g/mol. The van der Waals surface area contributed by atoms with Crippen molar-refractivity contribution < 1.29 is 32.6 Å². The van der Waals surface area contributed by atoms with Crippen LogP contribution in [0.4, 0.5) is 19.1 Å². The number of carbonyl (C=O) groups is 2. The van der Waals surface area contributed by atoms with Crippen molar-refractivity contribution in [2.45, 2.75) is 39.4 Å². The first kappa shape index (κ1) is 27.6. The lowest BCUT2D eigenvalue weighted by Gasteiger charge is -2.24. The number of benzene rings is 2. The number of hydrogen-bond donors (Lipinski definition) is 1. The van der Waals surface area contributed by atoms with Crippen LogP contribution < -0.4 is 9.64 Å². The van der Waals surface area contributed by atoms with Gasteiger partial charge in [0.25, 0.3) is 0 Å². The highest BCUT2D eigenvalue weighted by atomic mass is 19.4. The first-order chi connectivity index (χ1) is 18.5. The third-order valence-electron chi connectivity index (χ3n) is 6.11. The second-order valence-corrected chi connectivity index (χ2v) is 9.13. The van der Waals surface area contributed by atoms with Gasteiger partial charge in [0.2, 0.25) is 11.9 Å². The Labute approximate surface area is 222 Å². The van der Waals surface area contributed by atoms with Crippen molar-refractivity contribution in [2.24, 2.45) is 0 Å². The van der Waals surface area contributed by atoms with E-state index in [1.807, 2.05) is 6.92 Å². The van der Waals surface area contributed by atoms with Crippen LogP contribution in [0.15, 0.2) is 61.1 Å². The summed E-state index contributed by atoms with van der Waals surface area (Å²) in [7, 11) is 0. The summed E-state index contributed by atoms with van der Waals surface area (Å²) in [6.07, 6.45) is 0.449. The van der Waals surface area contributed by atoms with Gasteiger partial charge in [0, 0.05) is 44.0 Å². The molecule has 0 bridgehead atoms. The molecule has 8 nitrogen and oxygen atoms in total. The van der Waals surface area contributed by atoms with Gasteiger partial charge in [-0.05, 0) is 54.3 Å². The van der Waals surface area contributed by atoms with Crippen LogP contribution in [-0.2, 0) is 23.9 Å². The predicted molar refractivity (Wildman–Crippen MR) is 139 cm³/mol. The fraction of sp³-hybridized carbons (Fsp3) is 0.286. The molecule has 39 heavy (non-hydrogen) atoms. The first-order valence-electron chi connectivity index (χ1n) is 12.2. The first-order valence-corrected chi connectivity index (χ1v) is 12.2. The predicted octanol–water partition coefficient (Wildman–Crippen LogP) is 5.52. The molecule has 0 aliphatic heterocycles. The number of ether oxygens (including phenoxy) is 1. The third kappa shape index (κ3) is 6.73. The molecule has 0 amide bonds. The van der Waals surface area contributed by atoms with Crippen molar-refractivity contribution in [3.8, 4) is 5.75 Å². The van der Waals surface area contributed by atoms with Crippen molar-refractivity contribution in [3.63, 3.8) is 0 Å². The minimum atomic E-state index is -4.49. The van der Waals surface area contributed by atoms with Crippen molar-refractivity contribution in [1.82, 2.24) is 14.5 Å². The second kappa shape index (κ2) is 11.5. The van der Waals surface area contributed by atoms with Crippen LogP contribution in [0, 0.1) is 6.92 Å². The standard InChI is InChI=1S/C28H27F3N4O4/c1-18-14-32-27(33-15-18)34(16-20-6-3-4-7-24(20)28(29,30)31)10-5-11-39-22-8-9-25-23(13-22)21(12-26(37)38)17-35(25)19(2)36/h3-4,6-9,13-15,17H,5,10-12,16H2,1-2H3,(H,37,38). The summed E-state index contributed by atoms with van der Waals surface area (Å²) < 4.78 is 48.0. The molecule has 2 aromatic carbocycles. The molecule has 0 aliphatic carbocycles. The van der Waals surface area contributed by atoms with E-state index in [9.17, 15) is 27.9 Å². The van der Waals surface area contributed by atoms with Crippen molar-refractivity contribution in [1.29, 1.82) is 0 Å². The number of carboxylic acid groups (broad SMARTS) is 1. The number of aromatic nitrogens is 3. The minimum absolute atomic E-state index is 0.0399. The van der Waals surface area contributed by atoms with E-state index in [0.717, 1.165) is 11.6 Å². The number of carbonyl (C=O) groups excluding carboxylic acids is 1. The monoisotopic (exact) mass is 540 g/mol. The lowest BCUT2D eigenvalue weighted by Crippen LogP contribution is -2.28. The number of aryl methyl sites for hydroxylation is 1. The zero-order valence-corrected chi connectivity index (χ0v) is 21.4. The molecule has 0 saturated carbocycles. The van der Waals surface area contributed by atoms with Crippen LogP contribution in [0.25, 0.3) is 10.9 Å². The highest BCUT2D eigenvalue weighted by Gasteiger charge is 2.33. The van der Waals surface area contributed by atoms with Crippen molar-refractivity contribution in [2.75, 3.05) is 18.1 Å². The normalized spacial score (nSPS) is 11.5. The molecule has 4 aromatic rings.